The van der Waals surface area contributed by atoms with E-state index in [-0.39, 0.29) is 35.5 Å². The van der Waals surface area contributed by atoms with Gasteiger partial charge in [0.25, 0.3) is 10.0 Å². The topological polar surface area (TPSA) is 86.8 Å². The van der Waals surface area contributed by atoms with Crippen molar-refractivity contribution >= 4 is 66.7 Å². The highest BCUT2D eigenvalue weighted by Crippen LogP contribution is 2.29. The van der Waals surface area contributed by atoms with E-state index in [1.54, 1.807) is 54.6 Å². The molecule has 0 radical (unpaired) electrons. The summed E-state index contributed by atoms with van der Waals surface area (Å²) in [6.07, 6.45) is 0.192. The van der Waals surface area contributed by atoms with Gasteiger partial charge < -0.3 is 10.2 Å². The fraction of sp³-hybridized carbons (Fsp3) is 0.235. The molecule has 0 spiro atoms. The predicted octanol–water partition coefficient (Wildman–Crippen LogP) is 7.42. The average molecular weight is 732 g/mol. The second-order valence-electron chi connectivity index (χ2n) is 10.9. The van der Waals surface area contributed by atoms with Gasteiger partial charge in [0.15, 0.2) is 0 Å². The van der Waals surface area contributed by atoms with Crippen molar-refractivity contribution in [3.63, 3.8) is 0 Å². The van der Waals surface area contributed by atoms with Crippen LogP contribution in [0.2, 0.25) is 10.0 Å². The van der Waals surface area contributed by atoms with Gasteiger partial charge >= 0.3 is 0 Å². The van der Waals surface area contributed by atoms with Gasteiger partial charge in [0.1, 0.15) is 12.6 Å². The fourth-order valence-electron chi connectivity index (χ4n) is 4.77. The predicted molar refractivity (Wildman–Crippen MR) is 184 cm³/mol. The number of aryl methyl sites for hydroxylation is 1. The van der Waals surface area contributed by atoms with Crippen LogP contribution in [-0.4, -0.2) is 43.8 Å². The van der Waals surface area contributed by atoms with Crippen LogP contribution in [0.4, 0.5) is 5.69 Å². The van der Waals surface area contributed by atoms with Crippen molar-refractivity contribution in [3.8, 4) is 0 Å². The quantitative estimate of drug-likeness (QED) is 0.164. The van der Waals surface area contributed by atoms with Gasteiger partial charge in [-0.25, -0.2) is 8.42 Å². The van der Waals surface area contributed by atoms with Gasteiger partial charge in [-0.1, -0.05) is 99.3 Å². The Morgan fingerprint density at radius 3 is 2.20 bits per heavy atom. The summed E-state index contributed by atoms with van der Waals surface area (Å²) in [6, 6.07) is 26.2. The largest absolute Gasteiger partial charge is 0.352 e. The van der Waals surface area contributed by atoms with Crippen LogP contribution in [0.1, 0.15) is 30.5 Å². The lowest BCUT2D eigenvalue weighted by molar-refractivity contribution is -0.140. The SMILES string of the molecule is Cc1ccc(S(=O)(=O)N(CC(=O)N(Cc2ccc(Cl)cc2Cl)C(Cc2ccccc2)C(=O)NC(C)C)c2cccc(Br)c2)cc1. The molecule has 11 heteroatoms. The summed E-state index contributed by atoms with van der Waals surface area (Å²) >= 11 is 16.1. The Morgan fingerprint density at radius 2 is 1.58 bits per heavy atom. The molecule has 0 aliphatic rings. The van der Waals surface area contributed by atoms with Crippen LogP contribution in [0.5, 0.6) is 0 Å². The van der Waals surface area contributed by atoms with Crippen LogP contribution in [-0.2, 0) is 32.6 Å². The third-order valence-electron chi connectivity index (χ3n) is 7.04. The molecule has 0 bridgehead atoms. The number of nitrogens with one attached hydrogen (secondary N) is 1. The van der Waals surface area contributed by atoms with Crippen molar-refractivity contribution < 1.29 is 18.0 Å². The molecular weight excluding hydrogens is 697 g/mol. The van der Waals surface area contributed by atoms with E-state index in [4.69, 9.17) is 23.2 Å². The van der Waals surface area contributed by atoms with Gasteiger partial charge in [0.2, 0.25) is 11.8 Å². The monoisotopic (exact) mass is 729 g/mol. The lowest BCUT2D eigenvalue weighted by Gasteiger charge is -2.34. The lowest BCUT2D eigenvalue weighted by atomic mass is 10.0. The molecule has 4 aromatic rings. The molecule has 0 aromatic heterocycles. The zero-order valence-corrected chi connectivity index (χ0v) is 29.0. The zero-order valence-electron chi connectivity index (χ0n) is 25.1. The van der Waals surface area contributed by atoms with Crippen LogP contribution in [0, 0.1) is 6.92 Å². The summed E-state index contributed by atoms with van der Waals surface area (Å²) < 4.78 is 30.0. The molecule has 1 unspecified atom stereocenters. The van der Waals surface area contributed by atoms with Crippen molar-refractivity contribution in [3.05, 3.63) is 128 Å². The number of carbonyl (C=O) groups excluding carboxylic acids is 2. The molecule has 0 fully saturated rings. The Balaban J connectivity index is 1.83. The Morgan fingerprint density at radius 1 is 0.889 bits per heavy atom. The van der Waals surface area contributed by atoms with Crippen molar-refractivity contribution in [1.82, 2.24) is 10.2 Å². The van der Waals surface area contributed by atoms with Gasteiger partial charge in [-0.15, -0.1) is 0 Å². The van der Waals surface area contributed by atoms with Gasteiger partial charge in [-0.2, -0.15) is 0 Å². The second-order valence-corrected chi connectivity index (χ2v) is 14.6. The van der Waals surface area contributed by atoms with E-state index in [2.05, 4.69) is 21.2 Å². The minimum absolute atomic E-state index is 0.0338. The van der Waals surface area contributed by atoms with Gasteiger partial charge in [-0.05, 0) is 74.4 Å². The number of halogens is 3. The number of hydrogen-bond donors (Lipinski definition) is 1. The van der Waals surface area contributed by atoms with Gasteiger partial charge in [0, 0.05) is 33.5 Å². The summed E-state index contributed by atoms with van der Waals surface area (Å²) in [5, 5.41) is 3.68. The van der Waals surface area contributed by atoms with Crippen LogP contribution in [0.3, 0.4) is 0 Å². The maximum Gasteiger partial charge on any atom is 0.264 e. The van der Waals surface area contributed by atoms with E-state index < -0.39 is 28.5 Å². The molecule has 0 saturated heterocycles. The molecule has 4 rings (SSSR count). The minimum atomic E-state index is -4.21. The molecule has 1 N–H and O–H groups in total. The number of nitrogens with zero attached hydrogens (tertiary/aromatic N) is 2. The molecule has 0 saturated carbocycles. The van der Waals surface area contributed by atoms with Crippen molar-refractivity contribution in [2.75, 3.05) is 10.8 Å². The number of hydrogen-bond acceptors (Lipinski definition) is 4. The number of sulfonamides is 1. The fourth-order valence-corrected chi connectivity index (χ4v) is 7.03. The molecule has 2 amide bonds. The summed E-state index contributed by atoms with van der Waals surface area (Å²) in [5.74, 6) is -0.959. The van der Waals surface area contributed by atoms with Crippen LogP contribution >= 0.6 is 39.1 Å². The molecule has 0 aliphatic heterocycles. The molecule has 45 heavy (non-hydrogen) atoms. The Bertz CT molecular complexity index is 1750. The average Bonchev–Trinajstić information content (AvgIpc) is 2.98. The number of amides is 2. The van der Waals surface area contributed by atoms with Gasteiger partial charge in [0.05, 0.1) is 10.6 Å². The summed E-state index contributed by atoms with van der Waals surface area (Å²) in [4.78, 5) is 29.7. The Labute approximate surface area is 283 Å². The number of anilines is 1. The maximum atomic E-state index is 14.5. The van der Waals surface area contributed by atoms with Crippen molar-refractivity contribution in [2.45, 2.75) is 50.7 Å². The standard InChI is InChI=1S/C34H34BrCl2N3O4S/c1-23(2)38-34(42)32(18-25-8-5-4-6-9-25)39(21-26-14-15-28(36)20-31(26)37)33(41)22-40(29-11-7-10-27(35)19-29)45(43,44)30-16-12-24(3)13-17-30/h4-17,19-20,23,32H,18,21-22H2,1-3H3,(H,38,42). The maximum absolute atomic E-state index is 14.5. The third-order valence-corrected chi connectivity index (χ3v) is 9.91. The summed E-state index contributed by atoms with van der Waals surface area (Å²) in [6.45, 7) is 4.90. The van der Waals surface area contributed by atoms with Crippen LogP contribution in [0.15, 0.2) is 106 Å². The lowest BCUT2D eigenvalue weighted by Crippen LogP contribution is -2.54. The summed E-state index contributed by atoms with van der Waals surface area (Å²) in [7, 11) is -4.21. The van der Waals surface area contributed by atoms with Crippen molar-refractivity contribution in [1.29, 1.82) is 0 Å². The molecule has 0 heterocycles. The van der Waals surface area contributed by atoms with Crippen molar-refractivity contribution in [2.24, 2.45) is 0 Å². The third kappa shape index (κ3) is 9.10. The highest BCUT2D eigenvalue weighted by atomic mass is 79.9. The normalized spacial score (nSPS) is 12.1. The smallest absolute Gasteiger partial charge is 0.264 e. The highest BCUT2D eigenvalue weighted by Gasteiger charge is 2.35. The molecular formula is C34H34BrCl2N3O4S. The molecule has 4 aromatic carbocycles. The highest BCUT2D eigenvalue weighted by molar-refractivity contribution is 9.10. The first-order chi connectivity index (χ1) is 21.3. The number of rotatable bonds is 12. The van der Waals surface area contributed by atoms with E-state index >= 15 is 0 Å². The Kier molecular flexibility index (Phi) is 11.7. The van der Waals surface area contributed by atoms with Crippen LogP contribution < -0.4 is 9.62 Å². The van der Waals surface area contributed by atoms with Gasteiger partial charge in [-0.3, -0.25) is 13.9 Å². The molecule has 236 valence electrons. The first kappa shape index (κ1) is 34.5. The van der Waals surface area contributed by atoms with E-state index in [1.807, 2.05) is 51.1 Å². The first-order valence-corrected chi connectivity index (χ1v) is 17.3. The van der Waals surface area contributed by atoms with E-state index in [0.29, 0.717) is 20.1 Å². The Hall–Kier alpha value is -3.37. The first-order valence-electron chi connectivity index (χ1n) is 14.3. The second kappa shape index (κ2) is 15.3. The van der Waals surface area contributed by atoms with E-state index in [9.17, 15) is 18.0 Å². The van der Waals surface area contributed by atoms with E-state index in [0.717, 1.165) is 15.4 Å². The van der Waals surface area contributed by atoms with Crippen LogP contribution in [0.25, 0.3) is 0 Å². The summed E-state index contributed by atoms with van der Waals surface area (Å²) in [5.41, 5.74) is 2.57. The van der Waals surface area contributed by atoms with E-state index in [1.165, 1.54) is 17.0 Å². The molecule has 7 nitrogen and oxygen atoms in total. The number of carbonyl (C=O) groups is 2. The minimum Gasteiger partial charge on any atom is -0.352 e. The molecule has 0 aliphatic carbocycles. The zero-order chi connectivity index (χ0) is 32.7. The number of benzene rings is 4. The molecule has 1 atom stereocenters.